The molecule has 3 heteroatoms. The summed E-state index contributed by atoms with van der Waals surface area (Å²) in [6, 6.07) is 0. The lowest BCUT2D eigenvalue weighted by Gasteiger charge is -2.04. The molecule has 1 aliphatic heterocycles. The van der Waals surface area contributed by atoms with Crippen LogP contribution in [0.2, 0.25) is 0 Å². The Bertz CT molecular complexity index is 190. The van der Waals surface area contributed by atoms with Gasteiger partial charge in [-0.05, 0) is 12.5 Å². The predicted octanol–water partition coefficient (Wildman–Crippen LogP) is 0.0974. The summed E-state index contributed by atoms with van der Waals surface area (Å²) in [4.78, 5) is 20.6. The van der Waals surface area contributed by atoms with Crippen molar-refractivity contribution < 1.29 is 14.3 Å². The summed E-state index contributed by atoms with van der Waals surface area (Å²) in [6.07, 6.45) is 3.50. The monoisotopic (exact) mass is 124 g/mol. The minimum atomic E-state index is -0.708. The molecule has 0 saturated carbocycles. The molecule has 0 saturated heterocycles. The molecule has 0 fully saturated rings. The summed E-state index contributed by atoms with van der Waals surface area (Å²) in [7, 11) is 0. The largest absolute Gasteiger partial charge is 0.389 e. The second-order valence-corrected chi connectivity index (χ2v) is 1.66. The molecule has 0 amide bonds. The Morgan fingerprint density at radius 1 is 1.56 bits per heavy atom. The molecule has 0 bridgehead atoms. The summed E-state index contributed by atoms with van der Waals surface area (Å²) >= 11 is 0. The molecule has 3 nitrogen and oxygen atoms in total. The van der Waals surface area contributed by atoms with Crippen molar-refractivity contribution in [3.05, 3.63) is 18.1 Å². The van der Waals surface area contributed by atoms with Crippen LogP contribution in [0.4, 0.5) is 0 Å². The smallest absolute Gasteiger partial charge is 0.338 e. The van der Waals surface area contributed by atoms with Gasteiger partial charge in [0.25, 0.3) is 0 Å². The second-order valence-electron chi connectivity index (χ2n) is 1.66. The van der Waals surface area contributed by atoms with Crippen molar-refractivity contribution in [2.24, 2.45) is 0 Å². The molecule has 0 spiro atoms. The van der Waals surface area contributed by atoms with E-state index in [1.54, 1.807) is 6.92 Å². The minimum absolute atomic E-state index is 0.510. The van der Waals surface area contributed by atoms with Crippen LogP contribution in [-0.4, -0.2) is 11.9 Å². The molecule has 0 aromatic rings. The fourth-order valence-corrected chi connectivity index (χ4v) is 0.520. The van der Waals surface area contributed by atoms with E-state index in [1.165, 1.54) is 6.08 Å². The van der Waals surface area contributed by atoms with Gasteiger partial charge in [-0.25, -0.2) is 4.79 Å². The van der Waals surface area contributed by atoms with Crippen molar-refractivity contribution >= 4 is 11.9 Å². The number of hydrogen-bond acceptors (Lipinski definition) is 3. The van der Waals surface area contributed by atoms with Crippen LogP contribution in [0.3, 0.4) is 0 Å². The maximum absolute atomic E-state index is 10.3. The first kappa shape index (κ1) is 6.01. The van der Waals surface area contributed by atoms with Gasteiger partial charge in [0.05, 0.1) is 0 Å². The van der Waals surface area contributed by atoms with E-state index in [4.69, 9.17) is 0 Å². The van der Waals surface area contributed by atoms with E-state index in [-0.39, 0.29) is 0 Å². The van der Waals surface area contributed by atoms with Crippen LogP contribution in [0.1, 0.15) is 6.92 Å². The number of rotatable bonds is 0. The summed E-state index contributed by atoms with van der Waals surface area (Å²) in [5.41, 5.74) is 0.510. The molecule has 2 radical (unpaired) electrons. The minimum Gasteiger partial charge on any atom is -0.389 e. The third-order valence-corrected chi connectivity index (χ3v) is 0.827. The number of esters is 2. The summed E-state index contributed by atoms with van der Waals surface area (Å²) in [6.45, 7) is 1.61. The number of hydrogen-bond donors (Lipinski definition) is 0. The molecule has 0 aromatic carbocycles. The third-order valence-electron chi connectivity index (χ3n) is 0.827. The number of ether oxygens (including phenoxy) is 1. The molecule has 1 heterocycles. The van der Waals surface area contributed by atoms with Gasteiger partial charge in [0.15, 0.2) is 0 Å². The van der Waals surface area contributed by atoms with E-state index in [2.05, 4.69) is 11.2 Å². The second kappa shape index (κ2) is 2.01. The number of carbonyl (C=O) groups is 2. The fourth-order valence-electron chi connectivity index (χ4n) is 0.520. The molecule has 0 unspecified atom stereocenters. The highest BCUT2D eigenvalue weighted by molar-refractivity contribution is 6.01. The predicted molar refractivity (Wildman–Crippen MR) is 28.1 cm³/mol. The van der Waals surface area contributed by atoms with Crippen molar-refractivity contribution in [2.75, 3.05) is 0 Å². The van der Waals surface area contributed by atoms with Gasteiger partial charge in [-0.2, -0.15) is 0 Å². The van der Waals surface area contributed by atoms with E-state index in [1.807, 2.05) is 0 Å². The topological polar surface area (TPSA) is 43.4 Å². The first-order valence-corrected chi connectivity index (χ1v) is 2.39. The fraction of sp³-hybridized carbons (Fsp3) is 0.167. The molecule has 9 heavy (non-hydrogen) atoms. The number of carbonyl (C=O) groups excluding carboxylic acids is 2. The average Bonchev–Trinajstić information content (AvgIpc) is 1.59. The Morgan fingerprint density at radius 2 is 2.22 bits per heavy atom. The molecule has 0 aliphatic carbocycles. The summed E-state index contributed by atoms with van der Waals surface area (Å²) in [5.74, 6) is -1.32. The molecule has 1 aliphatic rings. The molecule has 0 atom stereocenters. The zero-order valence-electron chi connectivity index (χ0n) is 4.80. The maximum Gasteiger partial charge on any atom is 0.338 e. The highest BCUT2D eigenvalue weighted by Crippen LogP contribution is 2.06. The standard InChI is InChI=1S/C6H4O3/c1-4-2-5(7)9-6(8)3-4/h2H,1H3. The highest BCUT2D eigenvalue weighted by Gasteiger charge is 2.16. The van der Waals surface area contributed by atoms with Gasteiger partial charge in [-0.1, -0.05) is 0 Å². The van der Waals surface area contributed by atoms with E-state index >= 15 is 0 Å². The van der Waals surface area contributed by atoms with Crippen molar-refractivity contribution in [1.29, 1.82) is 0 Å². The Labute approximate surface area is 52.3 Å². The van der Waals surface area contributed by atoms with Gasteiger partial charge < -0.3 is 4.74 Å². The quantitative estimate of drug-likeness (QED) is 0.339. The lowest BCUT2D eigenvalue weighted by atomic mass is 10.2. The van der Waals surface area contributed by atoms with Crippen molar-refractivity contribution in [1.82, 2.24) is 0 Å². The first-order valence-electron chi connectivity index (χ1n) is 2.39. The van der Waals surface area contributed by atoms with Gasteiger partial charge in [-0.15, -0.1) is 0 Å². The molecular weight excluding hydrogens is 120 g/mol. The Hall–Kier alpha value is -1.12. The van der Waals surface area contributed by atoms with E-state index < -0.39 is 11.9 Å². The van der Waals surface area contributed by atoms with Crippen LogP contribution < -0.4 is 0 Å². The first-order chi connectivity index (χ1) is 4.18. The van der Waals surface area contributed by atoms with Crippen LogP contribution in [-0.2, 0) is 14.3 Å². The lowest BCUT2D eigenvalue weighted by Crippen LogP contribution is -2.16. The van der Waals surface area contributed by atoms with E-state index in [9.17, 15) is 9.59 Å². The Morgan fingerprint density at radius 3 is 2.67 bits per heavy atom. The van der Waals surface area contributed by atoms with Crippen molar-refractivity contribution in [2.45, 2.75) is 6.92 Å². The third kappa shape index (κ3) is 1.38. The van der Waals surface area contributed by atoms with Crippen molar-refractivity contribution in [3.8, 4) is 0 Å². The maximum atomic E-state index is 10.3. The summed E-state index contributed by atoms with van der Waals surface area (Å²) in [5, 5.41) is 0. The van der Waals surface area contributed by atoms with Gasteiger partial charge in [0.1, 0.15) is 6.42 Å². The average molecular weight is 124 g/mol. The van der Waals surface area contributed by atoms with Crippen LogP contribution >= 0.6 is 0 Å². The van der Waals surface area contributed by atoms with Gasteiger partial charge in [0, 0.05) is 6.08 Å². The zero-order chi connectivity index (χ0) is 6.85. The zero-order valence-corrected chi connectivity index (χ0v) is 4.80. The summed E-state index contributed by atoms with van der Waals surface area (Å²) < 4.78 is 4.09. The van der Waals surface area contributed by atoms with Crippen LogP contribution in [0.15, 0.2) is 11.6 Å². The molecule has 0 N–H and O–H groups in total. The lowest BCUT2D eigenvalue weighted by molar-refractivity contribution is -0.154. The SMILES string of the molecule is CC1=CC(=O)OC(=O)[C]1. The van der Waals surface area contributed by atoms with Gasteiger partial charge in [-0.3, -0.25) is 4.79 Å². The molecule has 0 aromatic heterocycles. The Kier molecular flexibility index (Phi) is 1.34. The highest BCUT2D eigenvalue weighted by atomic mass is 16.6. The van der Waals surface area contributed by atoms with Crippen LogP contribution in [0.25, 0.3) is 0 Å². The Balaban J connectivity index is 2.79. The van der Waals surface area contributed by atoms with Gasteiger partial charge >= 0.3 is 11.9 Å². The molecule has 46 valence electrons. The molecule has 1 rings (SSSR count). The van der Waals surface area contributed by atoms with Crippen molar-refractivity contribution in [3.63, 3.8) is 0 Å². The normalized spacial score (nSPS) is 19.0. The van der Waals surface area contributed by atoms with Gasteiger partial charge in [0.2, 0.25) is 0 Å². The number of cyclic esters (lactones) is 2. The van der Waals surface area contributed by atoms with Crippen LogP contribution in [0.5, 0.6) is 0 Å². The van der Waals surface area contributed by atoms with Crippen LogP contribution in [0, 0.1) is 6.42 Å². The van der Waals surface area contributed by atoms with E-state index in [0.29, 0.717) is 5.57 Å². The molecular formula is C6H4O3. The van der Waals surface area contributed by atoms with E-state index in [0.717, 1.165) is 0 Å².